The Labute approximate surface area is 69.5 Å². The minimum atomic E-state index is -0.253. The van der Waals surface area contributed by atoms with Crippen molar-refractivity contribution in [2.45, 2.75) is 26.7 Å². The zero-order valence-corrected chi connectivity index (χ0v) is 7.20. The largest absolute Gasteiger partial charge is 0.359 e. The molecule has 0 N–H and O–H groups in total. The third kappa shape index (κ3) is 1.30. The monoisotopic (exact) mass is 170 g/mol. The summed E-state index contributed by atoms with van der Waals surface area (Å²) in [4.78, 5) is 11.2. The van der Waals surface area contributed by atoms with E-state index in [-0.39, 0.29) is 22.3 Å². The van der Waals surface area contributed by atoms with Gasteiger partial charge in [0.25, 0.3) is 5.69 Å². The summed E-state index contributed by atoms with van der Waals surface area (Å²) in [6.07, 6.45) is 0. The number of ketones is 1. The van der Waals surface area contributed by atoms with Gasteiger partial charge in [0.05, 0.1) is 0 Å². The summed E-state index contributed by atoms with van der Waals surface area (Å²) in [5, 5.41) is 14.3. The van der Waals surface area contributed by atoms with Crippen molar-refractivity contribution >= 4 is 5.78 Å². The fourth-order valence-electron chi connectivity index (χ4n) is 0.984. The van der Waals surface area contributed by atoms with Gasteiger partial charge in [-0.25, -0.2) is 0 Å². The molecule has 1 aromatic rings. The van der Waals surface area contributed by atoms with Gasteiger partial charge in [-0.1, -0.05) is 13.8 Å². The van der Waals surface area contributed by atoms with E-state index in [4.69, 9.17) is 0 Å². The molecule has 0 unspecified atom stereocenters. The van der Waals surface area contributed by atoms with Gasteiger partial charge in [-0.3, -0.25) is 9.42 Å². The number of rotatable bonds is 2. The van der Waals surface area contributed by atoms with E-state index in [0.29, 0.717) is 5.69 Å². The molecule has 0 radical (unpaired) electrons. The van der Waals surface area contributed by atoms with E-state index in [9.17, 15) is 10.0 Å². The lowest BCUT2D eigenvalue weighted by molar-refractivity contribution is -0.808. The molecule has 12 heavy (non-hydrogen) atoms. The van der Waals surface area contributed by atoms with E-state index < -0.39 is 0 Å². The molecule has 0 aliphatic carbocycles. The van der Waals surface area contributed by atoms with Gasteiger partial charge in [0.15, 0.2) is 0 Å². The Bertz CT molecular complexity index is 304. The molecule has 1 heterocycles. The molecule has 0 aromatic carbocycles. The van der Waals surface area contributed by atoms with Crippen LogP contribution in [0.3, 0.4) is 0 Å². The van der Waals surface area contributed by atoms with Crippen LogP contribution in [0.4, 0.5) is 0 Å². The number of hydrogen-bond donors (Lipinski definition) is 0. The average Bonchev–Trinajstić information content (AvgIpc) is 2.30. The zero-order valence-electron chi connectivity index (χ0n) is 7.20. The Morgan fingerprint density at radius 2 is 2.25 bits per heavy atom. The van der Waals surface area contributed by atoms with E-state index in [1.165, 1.54) is 6.92 Å². The lowest BCUT2D eigenvalue weighted by atomic mass is 10.1. The van der Waals surface area contributed by atoms with Crippen LogP contribution in [0.15, 0.2) is 4.63 Å². The van der Waals surface area contributed by atoms with E-state index in [1.54, 1.807) is 13.8 Å². The van der Waals surface area contributed by atoms with Crippen molar-refractivity contribution in [3.63, 3.8) is 0 Å². The van der Waals surface area contributed by atoms with Crippen molar-refractivity contribution in [1.82, 2.24) is 5.16 Å². The lowest BCUT2D eigenvalue weighted by Gasteiger charge is -1.98. The highest BCUT2D eigenvalue weighted by Gasteiger charge is 2.25. The number of carbonyl (C=O) groups is 1. The van der Waals surface area contributed by atoms with E-state index in [1.807, 2.05) is 0 Å². The van der Waals surface area contributed by atoms with Crippen LogP contribution < -0.4 is 4.90 Å². The lowest BCUT2D eigenvalue weighted by Crippen LogP contribution is -2.29. The van der Waals surface area contributed by atoms with Crippen LogP contribution in [-0.4, -0.2) is 10.9 Å². The van der Waals surface area contributed by atoms with Crippen molar-refractivity contribution in [3.05, 3.63) is 16.6 Å². The second-order valence-corrected chi connectivity index (χ2v) is 2.87. The van der Waals surface area contributed by atoms with Gasteiger partial charge in [0.1, 0.15) is 0 Å². The molecule has 0 amide bonds. The Morgan fingerprint density at radius 1 is 1.67 bits per heavy atom. The van der Waals surface area contributed by atoms with Gasteiger partial charge in [0, 0.05) is 18.0 Å². The topological polar surface area (TPSA) is 70.0 Å². The summed E-state index contributed by atoms with van der Waals surface area (Å²) in [7, 11) is 0. The van der Waals surface area contributed by atoms with Crippen molar-refractivity contribution in [1.29, 1.82) is 0 Å². The molecular formula is C7H10N2O3. The van der Waals surface area contributed by atoms with Crippen LogP contribution in [-0.2, 0) is 0 Å². The van der Waals surface area contributed by atoms with E-state index >= 15 is 0 Å². The summed E-state index contributed by atoms with van der Waals surface area (Å²) in [5.74, 6) is -0.315. The third-order valence-electron chi connectivity index (χ3n) is 1.53. The number of carbonyl (C=O) groups excluding carboxylic acids is 1. The first-order chi connectivity index (χ1) is 5.54. The van der Waals surface area contributed by atoms with Crippen LogP contribution in [0, 0.1) is 5.21 Å². The first-order valence-electron chi connectivity index (χ1n) is 3.64. The summed E-state index contributed by atoms with van der Waals surface area (Å²) >= 11 is 0. The molecule has 0 atom stereocenters. The molecule has 0 aliphatic heterocycles. The second kappa shape index (κ2) is 2.92. The van der Waals surface area contributed by atoms with E-state index in [2.05, 4.69) is 9.79 Å². The Kier molecular flexibility index (Phi) is 2.12. The minimum absolute atomic E-state index is 0.0624. The molecule has 0 fully saturated rings. The number of hydrogen-bond acceptors (Lipinski definition) is 4. The summed E-state index contributed by atoms with van der Waals surface area (Å²) in [6.45, 7) is 4.95. The van der Waals surface area contributed by atoms with Crippen molar-refractivity contribution < 1.29 is 14.3 Å². The van der Waals surface area contributed by atoms with E-state index in [0.717, 1.165) is 0 Å². The molecule has 0 saturated carbocycles. The fourth-order valence-corrected chi connectivity index (χ4v) is 0.984. The van der Waals surface area contributed by atoms with Crippen molar-refractivity contribution in [3.8, 4) is 0 Å². The molecule has 0 saturated heterocycles. The van der Waals surface area contributed by atoms with Crippen molar-refractivity contribution in [2.24, 2.45) is 0 Å². The van der Waals surface area contributed by atoms with Gasteiger partial charge in [-0.05, 0) is 4.90 Å². The molecule has 0 spiro atoms. The van der Waals surface area contributed by atoms with Crippen LogP contribution in [0.25, 0.3) is 0 Å². The predicted octanol–water partition coefficient (Wildman–Crippen LogP) is 0.634. The molecule has 1 rings (SSSR count). The molecule has 5 heteroatoms. The highest BCUT2D eigenvalue weighted by Crippen LogP contribution is 2.13. The first-order valence-corrected chi connectivity index (χ1v) is 3.64. The standard InChI is InChI=1S/C7H10N2O3/c1-4(2)7-6(5(3)10)8-12-9(7)11/h4H,1-3H3. The van der Waals surface area contributed by atoms with Gasteiger partial charge >= 0.3 is 0 Å². The summed E-state index contributed by atoms with van der Waals surface area (Å²) in [5.41, 5.74) is 0.419. The Morgan fingerprint density at radius 3 is 2.58 bits per heavy atom. The van der Waals surface area contributed by atoms with Gasteiger partial charge in [-0.2, -0.15) is 0 Å². The maximum Gasteiger partial charge on any atom is 0.286 e. The summed E-state index contributed by atoms with van der Waals surface area (Å²) < 4.78 is 4.31. The quantitative estimate of drug-likeness (QED) is 0.482. The van der Waals surface area contributed by atoms with Crippen LogP contribution in [0.5, 0.6) is 0 Å². The molecular weight excluding hydrogens is 160 g/mol. The number of Topliss-reactive ketones (excluding diaryl/α,β-unsaturated/α-hetero) is 1. The Balaban J connectivity index is 3.21. The highest BCUT2D eigenvalue weighted by molar-refractivity contribution is 5.92. The predicted molar refractivity (Wildman–Crippen MR) is 39.6 cm³/mol. The SMILES string of the molecule is CC(=O)c1no[n+]([O-])c1C(C)C. The van der Waals surface area contributed by atoms with Crippen molar-refractivity contribution in [2.75, 3.05) is 0 Å². The van der Waals surface area contributed by atoms with Gasteiger partial charge in [-0.15, -0.1) is 0 Å². The molecule has 5 nitrogen and oxygen atoms in total. The van der Waals surface area contributed by atoms with Crippen LogP contribution in [0.1, 0.15) is 42.9 Å². The van der Waals surface area contributed by atoms with Gasteiger partial charge < -0.3 is 5.21 Å². The maximum atomic E-state index is 10.9. The molecule has 0 bridgehead atoms. The summed E-state index contributed by atoms with van der Waals surface area (Å²) in [6, 6.07) is 0. The molecule has 0 aliphatic rings. The maximum absolute atomic E-state index is 10.9. The average molecular weight is 170 g/mol. The minimum Gasteiger partial charge on any atom is -0.359 e. The number of nitrogens with zero attached hydrogens (tertiary/aromatic N) is 2. The van der Waals surface area contributed by atoms with Crippen LogP contribution in [0.2, 0.25) is 0 Å². The molecule has 66 valence electrons. The first kappa shape index (κ1) is 8.70. The normalized spacial score (nSPS) is 10.7. The smallest absolute Gasteiger partial charge is 0.286 e. The van der Waals surface area contributed by atoms with Gasteiger partial charge in [0.2, 0.25) is 11.5 Å². The third-order valence-corrected chi connectivity index (χ3v) is 1.53. The zero-order chi connectivity index (χ0) is 9.30. The second-order valence-electron chi connectivity index (χ2n) is 2.87. The Hall–Kier alpha value is -1.39. The molecule has 1 aromatic heterocycles. The highest BCUT2D eigenvalue weighted by atomic mass is 16.8. The van der Waals surface area contributed by atoms with Crippen LogP contribution >= 0.6 is 0 Å². The fraction of sp³-hybridized carbons (Fsp3) is 0.571. The number of aromatic nitrogens is 2.